The van der Waals surface area contributed by atoms with Gasteiger partial charge in [0.25, 0.3) is 5.91 Å². The smallest absolute Gasteiger partial charge is 0.256 e. The highest BCUT2D eigenvalue weighted by atomic mass is 32.1. The summed E-state index contributed by atoms with van der Waals surface area (Å²) in [5.74, 6) is 1.69. The zero-order valence-corrected chi connectivity index (χ0v) is 20.6. The van der Waals surface area contributed by atoms with Gasteiger partial charge >= 0.3 is 0 Å². The van der Waals surface area contributed by atoms with Crippen LogP contribution in [0.25, 0.3) is 11.1 Å². The van der Waals surface area contributed by atoms with E-state index in [1.54, 1.807) is 11.3 Å². The Labute approximate surface area is 204 Å². The Hall–Kier alpha value is -3.00. The van der Waals surface area contributed by atoms with Crippen LogP contribution in [0.2, 0.25) is 0 Å². The number of carbonyl (C=O) groups is 1. The number of nitrogens with one attached hydrogen (secondary N) is 2. The van der Waals surface area contributed by atoms with E-state index < -0.39 is 5.54 Å². The summed E-state index contributed by atoms with van der Waals surface area (Å²) in [6, 6.07) is 12.5. The van der Waals surface area contributed by atoms with Crippen LogP contribution in [-0.2, 0) is 10.3 Å². The Bertz CT molecular complexity index is 1160. The van der Waals surface area contributed by atoms with Gasteiger partial charge in [-0.25, -0.2) is 0 Å². The van der Waals surface area contributed by atoms with E-state index in [1.807, 2.05) is 12.1 Å². The lowest BCUT2D eigenvalue weighted by Gasteiger charge is -2.37. The van der Waals surface area contributed by atoms with E-state index in [1.165, 1.54) is 37.0 Å². The number of amides is 1. The van der Waals surface area contributed by atoms with Crippen LogP contribution in [0.3, 0.4) is 0 Å². The maximum atomic E-state index is 13.4. The fourth-order valence-electron chi connectivity index (χ4n) is 4.57. The van der Waals surface area contributed by atoms with Crippen LogP contribution in [0.15, 0.2) is 36.4 Å². The lowest BCUT2D eigenvalue weighted by molar-refractivity contribution is -0.117. The lowest BCUT2D eigenvalue weighted by Crippen LogP contribution is -2.47. The van der Waals surface area contributed by atoms with Crippen LogP contribution in [-0.4, -0.2) is 33.1 Å². The number of benzene rings is 1. The minimum absolute atomic E-state index is 0.178. The molecule has 34 heavy (non-hydrogen) atoms. The van der Waals surface area contributed by atoms with Crippen molar-refractivity contribution in [1.82, 2.24) is 25.9 Å². The highest BCUT2D eigenvalue weighted by Crippen LogP contribution is 2.47. The van der Waals surface area contributed by atoms with Gasteiger partial charge < -0.3 is 10.1 Å². The molecule has 0 saturated heterocycles. The van der Waals surface area contributed by atoms with Crippen molar-refractivity contribution in [2.24, 2.45) is 0 Å². The molecule has 0 bridgehead atoms. The first kappa shape index (κ1) is 22.8. The first-order valence-corrected chi connectivity index (χ1v) is 13.0. The lowest BCUT2D eigenvalue weighted by atomic mass is 9.80. The molecule has 7 nitrogen and oxygen atoms in total. The monoisotopic (exact) mass is 477 g/mol. The number of hydrogen-bond acceptors (Lipinski definition) is 6. The van der Waals surface area contributed by atoms with Crippen LogP contribution in [0.1, 0.15) is 85.9 Å². The number of thiophene rings is 1. The van der Waals surface area contributed by atoms with Crippen LogP contribution in [0.5, 0.6) is 5.75 Å². The molecule has 3 heterocycles. The number of ether oxygens (including phenoxy) is 1. The summed E-state index contributed by atoms with van der Waals surface area (Å²) < 4.78 is 5.91. The molecule has 5 rings (SSSR count). The van der Waals surface area contributed by atoms with Crippen LogP contribution < -0.4 is 10.1 Å². The minimum Gasteiger partial charge on any atom is -0.494 e. The number of hydrogen-bond donors (Lipinski definition) is 2. The molecule has 0 unspecified atom stereocenters. The highest BCUT2D eigenvalue weighted by Gasteiger charge is 2.40. The van der Waals surface area contributed by atoms with E-state index in [0.29, 0.717) is 23.7 Å². The molecule has 1 amide bonds. The van der Waals surface area contributed by atoms with Crippen molar-refractivity contribution < 1.29 is 9.53 Å². The molecule has 178 valence electrons. The average molecular weight is 478 g/mol. The number of rotatable bonds is 10. The normalized spacial score (nSPS) is 20.5. The number of aromatic amines is 1. The summed E-state index contributed by atoms with van der Waals surface area (Å²) in [5, 5.41) is 17.6. The fraction of sp³-hybridized carbons (Fsp3) is 0.462. The maximum absolute atomic E-state index is 13.4. The Morgan fingerprint density at radius 2 is 1.94 bits per heavy atom. The molecule has 0 radical (unpaired) electrons. The standard InChI is InChI=1S/C26H31N5O2S/c1-3-4-5-6-15-33-19-11-9-18(10-12-19)26(2)16-20(22-14-13-21(34-22)17-7-8-17)23(25(32)27-26)24-28-30-31-29-24/h9-14,17H,3-8,15-16H2,1-2H3,(H,27,32)(H,28,29,30,31)/t26-/m0/s1. The molecule has 8 heteroatoms. The third kappa shape index (κ3) is 4.78. The zero-order valence-electron chi connectivity index (χ0n) is 19.8. The molecule has 1 aromatic carbocycles. The Kier molecular flexibility index (Phi) is 6.50. The third-order valence-corrected chi connectivity index (χ3v) is 7.99. The van der Waals surface area contributed by atoms with Gasteiger partial charge in [0.05, 0.1) is 17.7 Å². The van der Waals surface area contributed by atoms with Gasteiger partial charge in [0, 0.05) is 16.2 Å². The number of tetrazole rings is 1. The minimum atomic E-state index is -0.553. The van der Waals surface area contributed by atoms with Gasteiger partial charge in [-0.2, -0.15) is 5.21 Å². The number of carbonyl (C=O) groups excluding carboxylic acids is 1. The van der Waals surface area contributed by atoms with Crippen LogP contribution in [0, 0.1) is 0 Å². The first-order valence-electron chi connectivity index (χ1n) is 12.2. The van der Waals surface area contributed by atoms with Crippen molar-refractivity contribution >= 4 is 28.4 Å². The second-order valence-electron chi connectivity index (χ2n) is 9.46. The van der Waals surface area contributed by atoms with Crippen LogP contribution >= 0.6 is 11.3 Å². The summed E-state index contributed by atoms with van der Waals surface area (Å²) in [5.41, 5.74) is 1.97. The van der Waals surface area contributed by atoms with Gasteiger partial charge in [0.1, 0.15) is 5.75 Å². The fourth-order valence-corrected chi connectivity index (χ4v) is 5.79. The number of aromatic nitrogens is 4. The van der Waals surface area contributed by atoms with E-state index >= 15 is 0 Å². The summed E-state index contributed by atoms with van der Waals surface area (Å²) >= 11 is 1.78. The number of unbranched alkanes of at least 4 members (excludes halogenated alkanes) is 3. The van der Waals surface area contributed by atoms with Crippen molar-refractivity contribution in [2.75, 3.05) is 6.61 Å². The van der Waals surface area contributed by atoms with E-state index in [9.17, 15) is 4.79 Å². The summed E-state index contributed by atoms with van der Waals surface area (Å²) in [6.07, 6.45) is 7.88. The quantitative estimate of drug-likeness (QED) is 0.379. The summed E-state index contributed by atoms with van der Waals surface area (Å²) in [7, 11) is 0. The van der Waals surface area contributed by atoms with Crippen LogP contribution in [0.4, 0.5) is 0 Å². The molecule has 1 atom stereocenters. The van der Waals surface area contributed by atoms with E-state index in [2.05, 4.69) is 64.1 Å². The second-order valence-corrected chi connectivity index (χ2v) is 10.6. The first-order chi connectivity index (χ1) is 16.6. The zero-order chi connectivity index (χ0) is 23.5. The molecule has 1 aliphatic heterocycles. The number of nitrogens with zero attached hydrogens (tertiary/aromatic N) is 3. The molecule has 3 aromatic rings. The Balaban J connectivity index is 1.40. The second kappa shape index (κ2) is 9.70. The summed E-state index contributed by atoms with van der Waals surface area (Å²) in [4.78, 5) is 15.9. The van der Waals surface area contributed by atoms with Gasteiger partial charge in [0.15, 0.2) is 0 Å². The SMILES string of the molecule is CCCCCCOc1ccc([C@]2(C)CC(c3ccc(C4CC4)s3)=C(c3nn[nH]n3)C(=O)N2)cc1. The van der Waals surface area contributed by atoms with Crippen molar-refractivity contribution in [2.45, 2.75) is 70.3 Å². The Morgan fingerprint density at radius 1 is 1.12 bits per heavy atom. The topological polar surface area (TPSA) is 92.8 Å². The predicted octanol–water partition coefficient (Wildman–Crippen LogP) is 5.44. The van der Waals surface area contributed by atoms with Gasteiger partial charge in [0.2, 0.25) is 5.82 Å². The van der Waals surface area contributed by atoms with Crippen molar-refractivity contribution in [1.29, 1.82) is 0 Å². The number of H-pyrrole nitrogens is 1. The molecule has 2 N–H and O–H groups in total. The largest absolute Gasteiger partial charge is 0.494 e. The van der Waals surface area contributed by atoms with E-state index in [0.717, 1.165) is 34.8 Å². The van der Waals surface area contributed by atoms with Crippen molar-refractivity contribution in [3.8, 4) is 5.75 Å². The third-order valence-electron chi connectivity index (χ3n) is 6.68. The molecule has 1 fully saturated rings. The van der Waals surface area contributed by atoms with Gasteiger partial charge in [-0.15, -0.1) is 21.5 Å². The van der Waals surface area contributed by atoms with Crippen molar-refractivity contribution in [3.63, 3.8) is 0 Å². The molecule has 2 aliphatic rings. The van der Waals surface area contributed by atoms with Gasteiger partial charge in [-0.1, -0.05) is 38.3 Å². The average Bonchev–Trinajstić information content (AvgIpc) is 3.32. The molecular formula is C26H31N5O2S. The Morgan fingerprint density at radius 3 is 2.65 bits per heavy atom. The maximum Gasteiger partial charge on any atom is 0.256 e. The summed E-state index contributed by atoms with van der Waals surface area (Å²) in [6.45, 7) is 5.02. The predicted molar refractivity (Wildman–Crippen MR) is 133 cm³/mol. The van der Waals surface area contributed by atoms with Gasteiger partial charge in [-0.05, 0) is 72.7 Å². The highest BCUT2D eigenvalue weighted by molar-refractivity contribution is 7.13. The van der Waals surface area contributed by atoms with Gasteiger partial charge in [-0.3, -0.25) is 4.79 Å². The van der Waals surface area contributed by atoms with Crippen molar-refractivity contribution in [3.05, 3.63) is 57.5 Å². The van der Waals surface area contributed by atoms with E-state index in [4.69, 9.17) is 4.74 Å². The van der Waals surface area contributed by atoms with E-state index in [-0.39, 0.29) is 5.91 Å². The molecule has 0 spiro atoms. The molecular weight excluding hydrogens is 446 g/mol. The molecule has 2 aromatic heterocycles. The molecule has 1 saturated carbocycles. The molecule has 1 aliphatic carbocycles.